The number of carbonyl (C=O) groups excluding carboxylic acids is 1. The molecule has 0 aromatic carbocycles. The van der Waals surface area contributed by atoms with Gasteiger partial charge in [0.05, 0.1) is 5.69 Å². The summed E-state index contributed by atoms with van der Waals surface area (Å²) in [6, 6.07) is 3.58. The van der Waals surface area contributed by atoms with Crippen molar-refractivity contribution in [2.75, 3.05) is 0 Å². The number of aryl methyl sites for hydroxylation is 2. The molecule has 0 amide bonds. The first kappa shape index (κ1) is 11.7. The van der Waals surface area contributed by atoms with Crippen molar-refractivity contribution in [1.29, 1.82) is 0 Å². The summed E-state index contributed by atoms with van der Waals surface area (Å²) in [5, 5.41) is 0. The summed E-state index contributed by atoms with van der Waals surface area (Å²) >= 11 is 0. The molecule has 0 saturated carbocycles. The quantitative estimate of drug-likeness (QED) is 0.659. The lowest BCUT2D eigenvalue weighted by atomic mass is 10.1. The van der Waals surface area contributed by atoms with E-state index in [1.54, 1.807) is 12.1 Å². The van der Waals surface area contributed by atoms with Gasteiger partial charge in [-0.15, -0.1) is 0 Å². The van der Waals surface area contributed by atoms with E-state index in [2.05, 4.69) is 29.6 Å². The first-order valence-corrected chi connectivity index (χ1v) is 6.17. The van der Waals surface area contributed by atoms with Crippen molar-refractivity contribution < 1.29 is 4.79 Å². The summed E-state index contributed by atoms with van der Waals surface area (Å²) in [7, 11) is 2.02. The van der Waals surface area contributed by atoms with E-state index in [0.29, 0.717) is 5.56 Å². The SMILES string of the molecule is Cc1cn(C)c(-c2cn3ccc(C=O)cc3n2)c1C. The van der Waals surface area contributed by atoms with E-state index < -0.39 is 0 Å². The molecule has 0 aliphatic carbocycles. The van der Waals surface area contributed by atoms with Gasteiger partial charge < -0.3 is 8.97 Å². The molecule has 19 heavy (non-hydrogen) atoms. The van der Waals surface area contributed by atoms with Crippen molar-refractivity contribution in [3.63, 3.8) is 0 Å². The van der Waals surface area contributed by atoms with Crippen LogP contribution in [-0.4, -0.2) is 20.2 Å². The standard InChI is InChI=1S/C15H15N3O/c1-10-7-17(3)15(11(10)2)13-8-18-5-4-12(9-19)6-14(18)16-13/h4-9H,1-3H3. The minimum absolute atomic E-state index is 0.643. The minimum Gasteiger partial charge on any atom is -0.349 e. The van der Waals surface area contributed by atoms with E-state index in [-0.39, 0.29) is 0 Å². The average molecular weight is 253 g/mol. The fourth-order valence-corrected chi connectivity index (χ4v) is 2.46. The van der Waals surface area contributed by atoms with Gasteiger partial charge in [0.1, 0.15) is 17.6 Å². The molecule has 3 aromatic rings. The van der Waals surface area contributed by atoms with Crippen molar-refractivity contribution in [3.05, 3.63) is 47.4 Å². The molecule has 0 bridgehead atoms. The predicted molar refractivity (Wildman–Crippen MR) is 74.5 cm³/mol. The molecular formula is C15H15N3O. The Morgan fingerprint density at radius 1 is 1.26 bits per heavy atom. The van der Waals surface area contributed by atoms with Crippen LogP contribution in [0.15, 0.2) is 30.7 Å². The topological polar surface area (TPSA) is 39.3 Å². The Hall–Kier alpha value is -2.36. The van der Waals surface area contributed by atoms with Gasteiger partial charge in [-0.05, 0) is 37.1 Å². The van der Waals surface area contributed by atoms with Crippen LogP contribution in [-0.2, 0) is 7.05 Å². The molecule has 0 N–H and O–H groups in total. The molecule has 3 rings (SSSR count). The first-order chi connectivity index (χ1) is 9.10. The lowest BCUT2D eigenvalue weighted by Gasteiger charge is -2.00. The number of rotatable bonds is 2. The van der Waals surface area contributed by atoms with Crippen LogP contribution >= 0.6 is 0 Å². The zero-order valence-electron chi connectivity index (χ0n) is 11.2. The monoisotopic (exact) mass is 253 g/mol. The summed E-state index contributed by atoms with van der Waals surface area (Å²) in [6.45, 7) is 4.20. The highest BCUT2D eigenvalue weighted by atomic mass is 16.1. The number of aldehydes is 1. The highest BCUT2D eigenvalue weighted by Gasteiger charge is 2.13. The number of hydrogen-bond acceptors (Lipinski definition) is 2. The first-order valence-electron chi connectivity index (χ1n) is 6.17. The summed E-state index contributed by atoms with van der Waals surface area (Å²) in [5.74, 6) is 0. The Kier molecular flexibility index (Phi) is 2.52. The number of imidazole rings is 1. The molecular weight excluding hydrogens is 238 g/mol. The fraction of sp³-hybridized carbons (Fsp3) is 0.200. The Morgan fingerprint density at radius 2 is 2.05 bits per heavy atom. The van der Waals surface area contributed by atoms with Crippen molar-refractivity contribution >= 4 is 11.9 Å². The highest BCUT2D eigenvalue weighted by molar-refractivity contribution is 5.77. The second kappa shape index (κ2) is 4.09. The predicted octanol–water partition coefficient (Wildman–Crippen LogP) is 2.77. The Balaban J connectivity index is 2.23. The maximum atomic E-state index is 10.8. The molecule has 3 aromatic heterocycles. The van der Waals surface area contributed by atoms with Crippen LogP contribution in [0.1, 0.15) is 21.5 Å². The van der Waals surface area contributed by atoms with Crippen LogP contribution in [0.2, 0.25) is 0 Å². The van der Waals surface area contributed by atoms with E-state index >= 15 is 0 Å². The van der Waals surface area contributed by atoms with Gasteiger partial charge in [-0.25, -0.2) is 4.98 Å². The molecule has 0 aliphatic rings. The average Bonchev–Trinajstić information content (AvgIpc) is 2.90. The number of nitrogens with zero attached hydrogens (tertiary/aromatic N) is 3. The lowest BCUT2D eigenvalue weighted by Crippen LogP contribution is -1.90. The molecule has 0 fully saturated rings. The van der Waals surface area contributed by atoms with Crippen LogP contribution in [0.3, 0.4) is 0 Å². The maximum absolute atomic E-state index is 10.8. The van der Waals surface area contributed by atoms with Crippen LogP contribution < -0.4 is 0 Å². The van der Waals surface area contributed by atoms with E-state index in [9.17, 15) is 4.79 Å². The smallest absolute Gasteiger partial charge is 0.150 e. The molecule has 0 unspecified atom stereocenters. The molecule has 0 atom stereocenters. The molecule has 0 saturated heterocycles. The summed E-state index contributed by atoms with van der Waals surface area (Å²) < 4.78 is 4.02. The van der Waals surface area contributed by atoms with Crippen LogP contribution in [0, 0.1) is 13.8 Å². The number of carbonyl (C=O) groups is 1. The van der Waals surface area contributed by atoms with Gasteiger partial charge in [-0.3, -0.25) is 4.79 Å². The highest BCUT2D eigenvalue weighted by Crippen LogP contribution is 2.26. The van der Waals surface area contributed by atoms with Gasteiger partial charge in [-0.2, -0.15) is 0 Å². The van der Waals surface area contributed by atoms with Crippen molar-refractivity contribution in [3.8, 4) is 11.4 Å². The van der Waals surface area contributed by atoms with Crippen molar-refractivity contribution in [1.82, 2.24) is 14.0 Å². The van der Waals surface area contributed by atoms with Gasteiger partial charge in [-0.1, -0.05) is 0 Å². The zero-order chi connectivity index (χ0) is 13.6. The third kappa shape index (κ3) is 1.76. The van der Waals surface area contributed by atoms with Crippen LogP contribution in [0.25, 0.3) is 17.0 Å². The van der Waals surface area contributed by atoms with E-state index in [4.69, 9.17) is 0 Å². The molecule has 96 valence electrons. The molecule has 3 heterocycles. The number of aromatic nitrogens is 3. The fourth-order valence-electron chi connectivity index (χ4n) is 2.46. The number of hydrogen-bond donors (Lipinski definition) is 0. The van der Waals surface area contributed by atoms with Crippen molar-refractivity contribution in [2.24, 2.45) is 7.05 Å². The molecule has 0 aliphatic heterocycles. The molecule has 0 radical (unpaired) electrons. The summed E-state index contributed by atoms with van der Waals surface area (Å²) in [5.41, 5.74) is 5.97. The summed E-state index contributed by atoms with van der Waals surface area (Å²) in [4.78, 5) is 15.4. The van der Waals surface area contributed by atoms with Gasteiger partial charge in [0.25, 0.3) is 0 Å². The molecule has 4 heteroatoms. The normalized spacial score (nSPS) is 11.1. The number of pyridine rings is 1. The minimum atomic E-state index is 0.643. The number of fused-ring (bicyclic) bond motifs is 1. The maximum Gasteiger partial charge on any atom is 0.150 e. The second-order valence-corrected chi connectivity index (χ2v) is 4.87. The van der Waals surface area contributed by atoms with Crippen LogP contribution in [0.4, 0.5) is 0 Å². The Labute approximate surface area is 111 Å². The van der Waals surface area contributed by atoms with E-state index in [1.807, 2.05) is 23.8 Å². The van der Waals surface area contributed by atoms with E-state index in [1.165, 1.54) is 11.1 Å². The second-order valence-electron chi connectivity index (χ2n) is 4.87. The zero-order valence-corrected chi connectivity index (χ0v) is 11.2. The van der Waals surface area contributed by atoms with Gasteiger partial charge in [0.2, 0.25) is 0 Å². The Morgan fingerprint density at radius 3 is 2.68 bits per heavy atom. The van der Waals surface area contributed by atoms with Crippen molar-refractivity contribution in [2.45, 2.75) is 13.8 Å². The third-order valence-corrected chi connectivity index (χ3v) is 3.55. The largest absolute Gasteiger partial charge is 0.349 e. The summed E-state index contributed by atoms with van der Waals surface area (Å²) in [6.07, 6.45) is 6.80. The van der Waals surface area contributed by atoms with Gasteiger partial charge >= 0.3 is 0 Å². The lowest BCUT2D eigenvalue weighted by molar-refractivity contribution is 0.112. The van der Waals surface area contributed by atoms with E-state index in [0.717, 1.165) is 23.3 Å². The van der Waals surface area contributed by atoms with Gasteiger partial charge in [0, 0.05) is 31.2 Å². The van der Waals surface area contributed by atoms with Gasteiger partial charge in [0.15, 0.2) is 0 Å². The van der Waals surface area contributed by atoms with Crippen LogP contribution in [0.5, 0.6) is 0 Å². The molecule has 4 nitrogen and oxygen atoms in total. The Bertz CT molecular complexity index is 780. The third-order valence-electron chi connectivity index (χ3n) is 3.55. The molecule has 0 spiro atoms.